The quantitative estimate of drug-likeness (QED) is 0.786. The fraction of sp³-hybridized carbons (Fsp3) is 0.312. The molecule has 0 aromatic heterocycles. The molecule has 1 amide bonds. The van der Waals surface area contributed by atoms with Crippen molar-refractivity contribution in [3.8, 4) is 5.75 Å². The highest BCUT2D eigenvalue weighted by atomic mass is 32.2. The van der Waals surface area contributed by atoms with Gasteiger partial charge in [-0.1, -0.05) is 24.3 Å². The van der Waals surface area contributed by atoms with Gasteiger partial charge in [0.05, 0.1) is 18.8 Å². The highest BCUT2D eigenvalue weighted by Crippen LogP contribution is 2.25. The van der Waals surface area contributed by atoms with E-state index >= 15 is 0 Å². The van der Waals surface area contributed by atoms with Gasteiger partial charge in [0, 0.05) is 6.54 Å². The van der Waals surface area contributed by atoms with E-state index in [1.165, 1.54) is 0 Å². The number of nitrogens with one attached hydrogen (secondary N) is 1. The molecule has 0 radical (unpaired) electrons. The summed E-state index contributed by atoms with van der Waals surface area (Å²) in [5.41, 5.74) is 0.826. The molecule has 2 aromatic carbocycles. The molecular formula is C16H19NO5S. The number of carbonyl (C=O) groups is 1. The van der Waals surface area contributed by atoms with Crippen LogP contribution in [0.5, 0.6) is 5.75 Å². The van der Waals surface area contributed by atoms with Crippen LogP contribution in [0.3, 0.4) is 0 Å². The lowest BCUT2D eigenvalue weighted by molar-refractivity contribution is -0.122. The van der Waals surface area contributed by atoms with Crippen molar-refractivity contribution in [3.63, 3.8) is 0 Å². The summed E-state index contributed by atoms with van der Waals surface area (Å²) in [7, 11) is -2.47. The molecular weight excluding hydrogens is 318 g/mol. The molecule has 0 saturated heterocycles. The van der Waals surface area contributed by atoms with Crippen LogP contribution in [0.4, 0.5) is 0 Å². The van der Waals surface area contributed by atoms with E-state index in [1.807, 2.05) is 36.4 Å². The van der Waals surface area contributed by atoms with Gasteiger partial charge in [0.1, 0.15) is 5.75 Å². The van der Waals surface area contributed by atoms with Crippen LogP contribution in [0.2, 0.25) is 0 Å². The van der Waals surface area contributed by atoms with Gasteiger partial charge in [-0.05, 0) is 35.4 Å². The van der Waals surface area contributed by atoms with Gasteiger partial charge in [0.25, 0.3) is 10.1 Å². The summed E-state index contributed by atoms with van der Waals surface area (Å²) in [6, 6.07) is 11.4. The number of carbonyl (C=O) groups excluding carboxylic acids is 1. The van der Waals surface area contributed by atoms with Crippen molar-refractivity contribution in [2.45, 2.75) is 12.8 Å². The summed E-state index contributed by atoms with van der Waals surface area (Å²) in [4.78, 5) is 12.1. The molecule has 2 N–H and O–H groups in total. The number of fused-ring (bicyclic) bond motifs is 1. The van der Waals surface area contributed by atoms with E-state index in [4.69, 9.17) is 9.29 Å². The minimum Gasteiger partial charge on any atom is -0.497 e. The van der Waals surface area contributed by atoms with Crippen LogP contribution in [0.15, 0.2) is 36.4 Å². The third-order valence-electron chi connectivity index (χ3n) is 3.62. The summed E-state index contributed by atoms with van der Waals surface area (Å²) >= 11 is 0. The smallest absolute Gasteiger partial charge is 0.266 e. The van der Waals surface area contributed by atoms with Gasteiger partial charge in [-0.2, -0.15) is 8.42 Å². The Kier molecular flexibility index (Phi) is 5.23. The van der Waals surface area contributed by atoms with Crippen LogP contribution in [0.25, 0.3) is 10.8 Å². The maximum absolute atomic E-state index is 12.1. The van der Waals surface area contributed by atoms with Crippen molar-refractivity contribution in [3.05, 3.63) is 42.0 Å². The van der Waals surface area contributed by atoms with Crippen LogP contribution in [-0.4, -0.2) is 38.3 Å². The molecule has 6 nitrogen and oxygen atoms in total. The normalized spacial score (nSPS) is 12.8. The molecule has 1 unspecified atom stereocenters. The Balaban J connectivity index is 2.11. The molecule has 0 saturated carbocycles. The number of methoxy groups -OCH3 is 1. The van der Waals surface area contributed by atoms with Gasteiger partial charge < -0.3 is 10.1 Å². The van der Waals surface area contributed by atoms with Crippen molar-refractivity contribution in [1.29, 1.82) is 0 Å². The third kappa shape index (κ3) is 4.67. The molecule has 0 aliphatic carbocycles. The summed E-state index contributed by atoms with van der Waals surface area (Å²) in [6.07, 6.45) is 0. The van der Waals surface area contributed by atoms with Crippen LogP contribution >= 0.6 is 0 Å². The van der Waals surface area contributed by atoms with Crippen LogP contribution in [0.1, 0.15) is 18.4 Å². The van der Waals surface area contributed by atoms with E-state index in [0.29, 0.717) is 0 Å². The molecule has 7 heteroatoms. The fourth-order valence-corrected chi connectivity index (χ4v) is 2.61. The SMILES string of the molecule is COc1ccc2cc(C(C)C(=O)NCCS(=O)(=O)O)ccc2c1. The van der Waals surface area contributed by atoms with E-state index in [1.54, 1.807) is 14.0 Å². The van der Waals surface area contributed by atoms with Crippen molar-refractivity contribution in [2.24, 2.45) is 0 Å². The second-order valence-corrected chi connectivity index (χ2v) is 6.84. The van der Waals surface area contributed by atoms with Gasteiger partial charge >= 0.3 is 0 Å². The number of hydrogen-bond donors (Lipinski definition) is 2. The average molecular weight is 337 g/mol. The molecule has 0 aliphatic rings. The number of hydrogen-bond acceptors (Lipinski definition) is 4. The first kappa shape index (κ1) is 17.2. The van der Waals surface area contributed by atoms with Gasteiger partial charge in [-0.3, -0.25) is 9.35 Å². The molecule has 0 aliphatic heterocycles. The first-order chi connectivity index (χ1) is 10.8. The second-order valence-electron chi connectivity index (χ2n) is 5.27. The standard InChI is InChI=1S/C16H19NO5S/c1-11(16(18)17-7-8-23(19,20)21)12-3-4-14-10-15(22-2)6-5-13(14)9-12/h3-6,9-11H,7-8H2,1-2H3,(H,17,18)(H,19,20,21). The second kappa shape index (κ2) is 6.97. The Hall–Kier alpha value is -2.12. The zero-order valence-electron chi connectivity index (χ0n) is 12.9. The predicted molar refractivity (Wildman–Crippen MR) is 88.3 cm³/mol. The molecule has 1 atom stereocenters. The summed E-state index contributed by atoms with van der Waals surface area (Å²) in [5.74, 6) is -0.450. The van der Waals surface area contributed by atoms with Crippen LogP contribution < -0.4 is 10.1 Å². The molecule has 2 aromatic rings. The lowest BCUT2D eigenvalue weighted by atomic mass is 9.97. The van der Waals surface area contributed by atoms with Gasteiger partial charge in [0.2, 0.25) is 5.91 Å². The largest absolute Gasteiger partial charge is 0.497 e. The Morgan fingerprint density at radius 3 is 2.52 bits per heavy atom. The number of ether oxygens (including phenoxy) is 1. The Morgan fingerprint density at radius 2 is 1.87 bits per heavy atom. The lowest BCUT2D eigenvalue weighted by Gasteiger charge is -2.13. The minimum absolute atomic E-state index is 0.118. The van der Waals surface area contributed by atoms with Crippen LogP contribution in [-0.2, 0) is 14.9 Å². The Labute approximate surface area is 135 Å². The van der Waals surface area contributed by atoms with E-state index in [9.17, 15) is 13.2 Å². The van der Waals surface area contributed by atoms with Gasteiger partial charge in [0.15, 0.2) is 0 Å². The van der Waals surface area contributed by atoms with E-state index in [-0.39, 0.29) is 12.5 Å². The zero-order valence-corrected chi connectivity index (χ0v) is 13.8. The van der Waals surface area contributed by atoms with Crippen molar-refractivity contribution < 1.29 is 22.5 Å². The summed E-state index contributed by atoms with van der Waals surface area (Å²) in [6.45, 7) is 1.63. The van der Waals surface area contributed by atoms with E-state index in [2.05, 4.69) is 5.32 Å². The monoisotopic (exact) mass is 337 g/mol. The topological polar surface area (TPSA) is 92.7 Å². The van der Waals surface area contributed by atoms with Gasteiger partial charge in [-0.25, -0.2) is 0 Å². The average Bonchev–Trinajstić information content (AvgIpc) is 2.51. The van der Waals surface area contributed by atoms with Gasteiger partial charge in [-0.15, -0.1) is 0 Å². The van der Waals surface area contributed by atoms with E-state index < -0.39 is 21.8 Å². The first-order valence-electron chi connectivity index (χ1n) is 7.11. The maximum atomic E-state index is 12.1. The predicted octanol–water partition coefficient (Wildman–Crippen LogP) is 1.96. The molecule has 0 bridgehead atoms. The van der Waals surface area contributed by atoms with Crippen molar-refractivity contribution >= 4 is 26.8 Å². The Bertz CT molecular complexity index is 816. The third-order valence-corrected chi connectivity index (χ3v) is 4.34. The molecule has 2 rings (SSSR count). The lowest BCUT2D eigenvalue weighted by Crippen LogP contribution is -2.32. The molecule has 0 fully saturated rings. The number of rotatable bonds is 6. The number of benzene rings is 2. The van der Waals surface area contributed by atoms with E-state index in [0.717, 1.165) is 22.1 Å². The summed E-state index contributed by atoms with van der Waals surface area (Å²) < 4.78 is 35.1. The highest BCUT2D eigenvalue weighted by Gasteiger charge is 2.16. The van der Waals surface area contributed by atoms with Crippen molar-refractivity contribution in [1.82, 2.24) is 5.32 Å². The number of amides is 1. The highest BCUT2D eigenvalue weighted by molar-refractivity contribution is 7.85. The molecule has 23 heavy (non-hydrogen) atoms. The fourth-order valence-electron chi connectivity index (χ4n) is 2.25. The van der Waals surface area contributed by atoms with Crippen molar-refractivity contribution in [2.75, 3.05) is 19.4 Å². The molecule has 124 valence electrons. The maximum Gasteiger partial charge on any atom is 0.266 e. The van der Waals surface area contributed by atoms with Crippen LogP contribution in [0, 0.1) is 0 Å². The summed E-state index contributed by atoms with van der Waals surface area (Å²) in [5, 5.41) is 4.50. The molecule has 0 heterocycles. The first-order valence-corrected chi connectivity index (χ1v) is 8.71. The minimum atomic E-state index is -4.07. The Morgan fingerprint density at radius 1 is 1.22 bits per heavy atom. The molecule has 0 spiro atoms. The zero-order chi connectivity index (χ0) is 17.0.